The lowest BCUT2D eigenvalue weighted by Gasteiger charge is -2.26. The molecule has 0 unspecified atom stereocenters. The summed E-state index contributed by atoms with van der Waals surface area (Å²) in [6.45, 7) is 3.13. The molecule has 1 aliphatic rings. The number of carbonyl (C=O) groups excluding carboxylic acids is 2. The van der Waals surface area contributed by atoms with Crippen molar-refractivity contribution in [2.45, 2.75) is 19.6 Å². The molecule has 7 nitrogen and oxygen atoms in total. The Morgan fingerprint density at radius 2 is 1.69 bits per heavy atom. The number of hydrogen-bond acceptors (Lipinski definition) is 6. The van der Waals surface area contributed by atoms with Gasteiger partial charge in [-0.2, -0.15) is 0 Å². The zero-order chi connectivity index (χ0) is 25.8. The maximum absolute atomic E-state index is 13.1. The highest BCUT2D eigenvalue weighted by Crippen LogP contribution is 2.40. The molecule has 1 aliphatic heterocycles. The summed E-state index contributed by atoms with van der Waals surface area (Å²) in [4.78, 5) is 29.5. The minimum absolute atomic E-state index is 0.0294. The molecule has 1 fully saturated rings. The van der Waals surface area contributed by atoms with Gasteiger partial charge in [0, 0.05) is 18.7 Å². The summed E-state index contributed by atoms with van der Waals surface area (Å²) in [5, 5.41) is 21.0. The summed E-state index contributed by atoms with van der Waals surface area (Å²) in [5.41, 5.74) is 2.91. The van der Waals surface area contributed by atoms with Gasteiger partial charge in [-0.1, -0.05) is 42.5 Å². The average Bonchev–Trinajstić information content (AvgIpc) is 3.12. The third kappa shape index (κ3) is 5.26. The van der Waals surface area contributed by atoms with Crippen LogP contribution in [0.4, 0.5) is 0 Å². The van der Waals surface area contributed by atoms with Crippen LogP contribution in [-0.2, 0) is 16.2 Å². The lowest BCUT2D eigenvalue weighted by Crippen LogP contribution is -2.35. The minimum Gasteiger partial charge on any atom is -0.508 e. The second-order valence-electron chi connectivity index (χ2n) is 9.14. The van der Waals surface area contributed by atoms with E-state index in [4.69, 9.17) is 4.74 Å². The number of carbonyl (C=O) groups is 2. The highest BCUT2D eigenvalue weighted by molar-refractivity contribution is 6.46. The molecule has 36 heavy (non-hydrogen) atoms. The van der Waals surface area contributed by atoms with Crippen LogP contribution in [0.3, 0.4) is 0 Å². The Morgan fingerprint density at radius 3 is 2.33 bits per heavy atom. The van der Waals surface area contributed by atoms with Crippen molar-refractivity contribution < 1.29 is 24.5 Å². The van der Waals surface area contributed by atoms with Gasteiger partial charge in [0.15, 0.2) is 0 Å². The monoisotopic (exact) mass is 486 g/mol. The number of likely N-dealkylation sites (tertiary alicyclic amines) is 1. The number of aliphatic hydroxyl groups is 1. The fourth-order valence-electron chi connectivity index (χ4n) is 4.27. The molecule has 0 saturated carbocycles. The van der Waals surface area contributed by atoms with Crippen molar-refractivity contribution in [3.05, 3.63) is 101 Å². The second kappa shape index (κ2) is 10.7. The number of aromatic hydroxyl groups is 1. The van der Waals surface area contributed by atoms with Crippen molar-refractivity contribution in [1.29, 1.82) is 0 Å². The lowest BCUT2D eigenvalue weighted by molar-refractivity contribution is -0.140. The molecule has 3 aromatic rings. The molecule has 186 valence electrons. The summed E-state index contributed by atoms with van der Waals surface area (Å²) in [6.07, 6.45) is 0. The molecule has 0 aromatic heterocycles. The Bertz CT molecular complexity index is 1280. The maximum Gasteiger partial charge on any atom is 0.295 e. The molecule has 1 heterocycles. The number of phenols is 1. The third-order valence-corrected chi connectivity index (χ3v) is 6.22. The van der Waals surface area contributed by atoms with Gasteiger partial charge in [-0.3, -0.25) is 9.59 Å². The molecular weight excluding hydrogens is 456 g/mol. The summed E-state index contributed by atoms with van der Waals surface area (Å²) >= 11 is 0. The first-order valence-electron chi connectivity index (χ1n) is 11.8. The molecule has 0 spiro atoms. The van der Waals surface area contributed by atoms with Gasteiger partial charge in [-0.25, -0.2) is 0 Å². The minimum atomic E-state index is -0.764. The second-order valence-corrected chi connectivity index (χ2v) is 9.14. The van der Waals surface area contributed by atoms with E-state index >= 15 is 0 Å². The van der Waals surface area contributed by atoms with Crippen LogP contribution in [0.1, 0.15) is 28.3 Å². The van der Waals surface area contributed by atoms with Gasteiger partial charge in [0.05, 0.1) is 11.6 Å². The van der Waals surface area contributed by atoms with Crippen LogP contribution in [0.2, 0.25) is 0 Å². The van der Waals surface area contributed by atoms with Crippen LogP contribution in [-0.4, -0.2) is 58.9 Å². The van der Waals surface area contributed by atoms with Gasteiger partial charge in [0.25, 0.3) is 11.7 Å². The average molecular weight is 487 g/mol. The van der Waals surface area contributed by atoms with Crippen LogP contribution in [0.5, 0.6) is 11.5 Å². The Balaban J connectivity index is 1.69. The van der Waals surface area contributed by atoms with Crippen molar-refractivity contribution in [2.24, 2.45) is 0 Å². The lowest BCUT2D eigenvalue weighted by atomic mass is 9.94. The Labute approximate surface area is 210 Å². The van der Waals surface area contributed by atoms with E-state index in [-0.39, 0.29) is 17.1 Å². The first-order valence-corrected chi connectivity index (χ1v) is 11.8. The predicted octanol–water partition coefficient (Wildman–Crippen LogP) is 4.26. The molecule has 1 amide bonds. The molecule has 4 rings (SSSR count). The smallest absolute Gasteiger partial charge is 0.295 e. The number of rotatable bonds is 8. The summed E-state index contributed by atoms with van der Waals surface area (Å²) in [7, 11) is 3.77. The van der Waals surface area contributed by atoms with Gasteiger partial charge in [0.1, 0.15) is 23.9 Å². The number of phenolic OH excluding ortho intramolecular Hbond substituents is 1. The van der Waals surface area contributed by atoms with Gasteiger partial charge in [0.2, 0.25) is 0 Å². The SMILES string of the molecule is Cc1cc(C(O)=C2C(=O)C(=O)N(CCN(C)C)[C@H]2c2ccc(O)cc2)ccc1OCc1ccccc1. The number of aliphatic hydroxyl groups excluding tert-OH is 1. The highest BCUT2D eigenvalue weighted by atomic mass is 16.5. The van der Waals surface area contributed by atoms with E-state index in [1.165, 1.54) is 17.0 Å². The van der Waals surface area contributed by atoms with Crippen LogP contribution in [0, 0.1) is 6.92 Å². The van der Waals surface area contributed by atoms with E-state index in [1.54, 1.807) is 30.3 Å². The van der Waals surface area contributed by atoms with E-state index in [2.05, 4.69) is 0 Å². The Hall–Kier alpha value is -4.10. The molecule has 1 saturated heterocycles. The number of ketones is 1. The van der Waals surface area contributed by atoms with E-state index in [1.807, 2.05) is 56.3 Å². The summed E-state index contributed by atoms with van der Waals surface area (Å²) in [5.74, 6) is -0.887. The number of aryl methyl sites for hydroxylation is 1. The number of amides is 1. The first kappa shape index (κ1) is 25.0. The number of Topliss-reactive ketones (excluding diaryl/α,β-unsaturated/α-hetero) is 1. The standard InChI is InChI=1S/C29H30N2O5/c1-19-17-22(11-14-24(19)36-18-20-7-5-4-6-8-20)27(33)25-26(21-9-12-23(32)13-10-21)31(16-15-30(2)3)29(35)28(25)34/h4-14,17,26,32-33H,15-16,18H2,1-3H3/t26-/m0/s1. The zero-order valence-corrected chi connectivity index (χ0v) is 20.6. The normalized spacial score (nSPS) is 17.1. The highest BCUT2D eigenvalue weighted by Gasteiger charge is 2.45. The van der Waals surface area contributed by atoms with Crippen molar-refractivity contribution in [1.82, 2.24) is 9.80 Å². The fraction of sp³-hybridized carbons (Fsp3) is 0.241. The Morgan fingerprint density at radius 1 is 1.00 bits per heavy atom. The first-order chi connectivity index (χ1) is 17.3. The van der Waals surface area contributed by atoms with E-state index < -0.39 is 17.7 Å². The van der Waals surface area contributed by atoms with Crippen molar-refractivity contribution in [2.75, 3.05) is 27.2 Å². The molecule has 7 heteroatoms. The number of likely N-dealkylation sites (N-methyl/N-ethyl adjacent to an activating group) is 1. The molecule has 0 bridgehead atoms. The predicted molar refractivity (Wildman–Crippen MR) is 138 cm³/mol. The van der Waals surface area contributed by atoms with Crippen LogP contribution in [0.25, 0.3) is 5.76 Å². The summed E-state index contributed by atoms with van der Waals surface area (Å²) < 4.78 is 5.94. The largest absolute Gasteiger partial charge is 0.508 e. The van der Waals surface area contributed by atoms with Crippen molar-refractivity contribution in [3.63, 3.8) is 0 Å². The van der Waals surface area contributed by atoms with Crippen molar-refractivity contribution >= 4 is 17.4 Å². The molecule has 3 aromatic carbocycles. The molecular formula is C29H30N2O5. The van der Waals surface area contributed by atoms with Crippen molar-refractivity contribution in [3.8, 4) is 11.5 Å². The van der Waals surface area contributed by atoms with E-state index in [0.717, 1.165) is 11.1 Å². The zero-order valence-electron chi connectivity index (χ0n) is 20.6. The Kier molecular flexibility index (Phi) is 7.41. The van der Waals surface area contributed by atoms with Crippen LogP contribution >= 0.6 is 0 Å². The molecule has 0 aliphatic carbocycles. The number of hydrogen-bond donors (Lipinski definition) is 2. The number of ether oxygens (including phenoxy) is 1. The molecule has 2 N–H and O–H groups in total. The quantitative estimate of drug-likeness (QED) is 0.281. The van der Waals surface area contributed by atoms with Crippen LogP contribution in [0.15, 0.2) is 78.4 Å². The van der Waals surface area contributed by atoms with Crippen LogP contribution < -0.4 is 4.74 Å². The van der Waals surface area contributed by atoms with E-state index in [9.17, 15) is 19.8 Å². The van der Waals surface area contributed by atoms with Gasteiger partial charge in [-0.05, 0) is 68.0 Å². The van der Waals surface area contributed by atoms with E-state index in [0.29, 0.717) is 36.6 Å². The summed E-state index contributed by atoms with van der Waals surface area (Å²) in [6, 6.07) is 20.6. The molecule has 0 radical (unpaired) electrons. The topological polar surface area (TPSA) is 90.3 Å². The fourth-order valence-corrected chi connectivity index (χ4v) is 4.27. The van der Waals surface area contributed by atoms with Gasteiger partial charge >= 0.3 is 0 Å². The van der Waals surface area contributed by atoms with Gasteiger partial charge in [-0.15, -0.1) is 0 Å². The molecule has 1 atom stereocenters. The number of benzene rings is 3. The number of nitrogens with zero attached hydrogens (tertiary/aromatic N) is 2. The third-order valence-electron chi connectivity index (χ3n) is 6.22. The maximum atomic E-state index is 13.1. The van der Waals surface area contributed by atoms with Gasteiger partial charge < -0.3 is 24.7 Å².